The zero-order valence-corrected chi connectivity index (χ0v) is 13.9. The lowest BCUT2D eigenvalue weighted by atomic mass is 9.93. The van der Waals surface area contributed by atoms with Crippen molar-refractivity contribution in [2.24, 2.45) is 0 Å². The van der Waals surface area contributed by atoms with Crippen LogP contribution in [0.3, 0.4) is 0 Å². The molecule has 0 fully saturated rings. The minimum atomic E-state index is -0.184. The number of hydrogen-bond donors (Lipinski definition) is 2. The molecule has 0 unspecified atom stereocenters. The van der Waals surface area contributed by atoms with Crippen molar-refractivity contribution in [3.8, 4) is 0 Å². The molecule has 0 atom stereocenters. The maximum Gasteiger partial charge on any atom is 0.135 e. The van der Waals surface area contributed by atoms with E-state index >= 15 is 0 Å². The normalized spacial score (nSPS) is 17.3. The summed E-state index contributed by atoms with van der Waals surface area (Å²) in [6.45, 7) is 12.9. The van der Waals surface area contributed by atoms with Crippen LogP contribution >= 0.6 is 11.3 Å². The zero-order chi connectivity index (χ0) is 15.3. The van der Waals surface area contributed by atoms with Gasteiger partial charge in [-0.3, -0.25) is 5.41 Å². The molecule has 110 valence electrons. The number of rotatable bonds is 1. The van der Waals surface area contributed by atoms with E-state index in [9.17, 15) is 5.11 Å². The average molecular weight is 293 g/mol. The Morgan fingerprint density at radius 3 is 2.25 bits per heavy atom. The SMILES string of the molecule is CC(C)(C)c1csc(C2=C(O)CN(C(C)(C)C)C2=N)n1. The molecule has 0 amide bonds. The van der Waals surface area contributed by atoms with Gasteiger partial charge >= 0.3 is 0 Å². The van der Waals surface area contributed by atoms with Crippen LogP contribution in [0.15, 0.2) is 11.1 Å². The van der Waals surface area contributed by atoms with Crippen LogP contribution in [0.5, 0.6) is 0 Å². The van der Waals surface area contributed by atoms with E-state index in [0.717, 1.165) is 10.7 Å². The third kappa shape index (κ3) is 2.59. The molecule has 1 aliphatic rings. The van der Waals surface area contributed by atoms with Gasteiger partial charge in [-0.15, -0.1) is 11.3 Å². The first kappa shape index (κ1) is 15.0. The minimum Gasteiger partial charge on any atom is -0.510 e. The number of aliphatic hydroxyl groups is 1. The van der Waals surface area contributed by atoms with Crippen molar-refractivity contribution in [3.63, 3.8) is 0 Å². The van der Waals surface area contributed by atoms with Crippen molar-refractivity contribution in [1.29, 1.82) is 5.41 Å². The van der Waals surface area contributed by atoms with Crippen LogP contribution in [0.1, 0.15) is 52.2 Å². The van der Waals surface area contributed by atoms with Crippen LogP contribution in [0.25, 0.3) is 5.57 Å². The van der Waals surface area contributed by atoms with Gasteiger partial charge < -0.3 is 10.0 Å². The number of nitrogens with zero attached hydrogens (tertiary/aromatic N) is 2. The first-order chi connectivity index (χ1) is 9.01. The van der Waals surface area contributed by atoms with Gasteiger partial charge in [0.15, 0.2) is 0 Å². The Morgan fingerprint density at radius 1 is 1.25 bits per heavy atom. The second-order valence-corrected chi connectivity index (χ2v) is 8.07. The lowest BCUT2D eigenvalue weighted by Gasteiger charge is -2.33. The Kier molecular flexibility index (Phi) is 3.45. The number of nitrogens with one attached hydrogen (secondary N) is 1. The minimum absolute atomic E-state index is 0.0184. The van der Waals surface area contributed by atoms with Crippen LogP contribution in [-0.2, 0) is 5.41 Å². The largest absolute Gasteiger partial charge is 0.510 e. The fraction of sp³-hybridized carbons (Fsp3) is 0.600. The van der Waals surface area contributed by atoms with Gasteiger partial charge in [0.25, 0.3) is 0 Å². The van der Waals surface area contributed by atoms with Crippen molar-refractivity contribution in [2.45, 2.75) is 52.5 Å². The third-order valence-electron chi connectivity index (χ3n) is 3.40. The van der Waals surface area contributed by atoms with Gasteiger partial charge in [0.2, 0.25) is 0 Å². The highest BCUT2D eigenvalue weighted by atomic mass is 32.1. The van der Waals surface area contributed by atoms with Crippen molar-refractivity contribution in [1.82, 2.24) is 9.88 Å². The Labute approximate surface area is 124 Å². The maximum absolute atomic E-state index is 10.2. The molecule has 0 saturated heterocycles. The third-order valence-corrected chi connectivity index (χ3v) is 4.26. The van der Waals surface area contributed by atoms with Gasteiger partial charge in [-0.05, 0) is 20.8 Å². The molecule has 0 radical (unpaired) electrons. The molecule has 0 aliphatic carbocycles. The fourth-order valence-electron chi connectivity index (χ4n) is 2.11. The van der Waals surface area contributed by atoms with Crippen LogP contribution < -0.4 is 0 Å². The quantitative estimate of drug-likeness (QED) is 0.828. The number of thiazole rings is 1. The molecule has 0 saturated carbocycles. The Balaban J connectivity index is 2.36. The van der Waals surface area contributed by atoms with Gasteiger partial charge in [-0.1, -0.05) is 20.8 Å². The summed E-state index contributed by atoms with van der Waals surface area (Å²) in [5, 5.41) is 21.3. The van der Waals surface area contributed by atoms with E-state index in [1.807, 2.05) is 31.1 Å². The molecule has 4 nitrogen and oxygen atoms in total. The van der Waals surface area contributed by atoms with Gasteiger partial charge in [0, 0.05) is 16.3 Å². The summed E-state index contributed by atoms with van der Waals surface area (Å²) < 4.78 is 0. The molecule has 2 rings (SSSR count). The highest BCUT2D eigenvalue weighted by molar-refractivity contribution is 7.11. The van der Waals surface area contributed by atoms with Gasteiger partial charge in [-0.2, -0.15) is 0 Å². The molecule has 1 aromatic heterocycles. The topological polar surface area (TPSA) is 60.2 Å². The lowest BCUT2D eigenvalue weighted by molar-refractivity contribution is 0.235. The van der Waals surface area contributed by atoms with Gasteiger partial charge in [-0.25, -0.2) is 4.98 Å². The van der Waals surface area contributed by atoms with Crippen LogP contribution in [-0.4, -0.2) is 32.9 Å². The molecule has 2 heterocycles. The first-order valence-electron chi connectivity index (χ1n) is 6.77. The molecule has 0 bridgehead atoms. The van der Waals surface area contributed by atoms with Crippen molar-refractivity contribution < 1.29 is 5.11 Å². The molecule has 5 heteroatoms. The van der Waals surface area contributed by atoms with E-state index in [1.54, 1.807) is 0 Å². The smallest absolute Gasteiger partial charge is 0.135 e. The molecular weight excluding hydrogens is 270 g/mol. The molecule has 1 aromatic rings. The highest BCUT2D eigenvalue weighted by Crippen LogP contribution is 2.34. The molecule has 20 heavy (non-hydrogen) atoms. The summed E-state index contributed by atoms with van der Waals surface area (Å²) in [7, 11) is 0. The predicted molar refractivity (Wildman–Crippen MR) is 84.5 cm³/mol. The Morgan fingerprint density at radius 2 is 1.85 bits per heavy atom. The molecular formula is C15H23N3OS. The predicted octanol–water partition coefficient (Wildman–Crippen LogP) is 3.80. The summed E-state index contributed by atoms with van der Waals surface area (Å²) in [6.07, 6.45) is 0. The van der Waals surface area contributed by atoms with E-state index in [4.69, 9.17) is 5.41 Å². The van der Waals surface area contributed by atoms with Crippen molar-refractivity contribution in [3.05, 3.63) is 21.8 Å². The fourth-order valence-corrected chi connectivity index (χ4v) is 3.22. The summed E-state index contributed by atoms with van der Waals surface area (Å²) >= 11 is 1.50. The van der Waals surface area contributed by atoms with E-state index in [0.29, 0.717) is 18.0 Å². The number of aliphatic hydroxyl groups excluding tert-OH is 1. The van der Waals surface area contributed by atoms with Gasteiger partial charge in [0.05, 0.1) is 17.8 Å². The Hall–Kier alpha value is -1.36. The van der Waals surface area contributed by atoms with Crippen LogP contribution in [0, 0.1) is 5.41 Å². The summed E-state index contributed by atoms with van der Waals surface area (Å²) in [4.78, 5) is 6.51. The zero-order valence-electron chi connectivity index (χ0n) is 13.0. The number of hydrogen-bond acceptors (Lipinski definition) is 4. The summed E-state index contributed by atoms with van der Waals surface area (Å²) in [6, 6.07) is 0. The molecule has 2 N–H and O–H groups in total. The molecule has 1 aliphatic heterocycles. The monoisotopic (exact) mass is 293 g/mol. The van der Waals surface area contributed by atoms with Crippen molar-refractivity contribution in [2.75, 3.05) is 6.54 Å². The first-order valence-corrected chi connectivity index (χ1v) is 7.65. The number of aromatic nitrogens is 1. The van der Waals surface area contributed by atoms with Gasteiger partial charge in [0.1, 0.15) is 16.6 Å². The van der Waals surface area contributed by atoms with E-state index in [1.165, 1.54) is 11.3 Å². The van der Waals surface area contributed by atoms with E-state index in [-0.39, 0.29) is 16.7 Å². The van der Waals surface area contributed by atoms with Crippen molar-refractivity contribution >= 4 is 22.7 Å². The van der Waals surface area contributed by atoms with Crippen LogP contribution in [0.2, 0.25) is 0 Å². The molecule has 0 aromatic carbocycles. The summed E-state index contributed by atoms with van der Waals surface area (Å²) in [5.41, 5.74) is 1.38. The maximum atomic E-state index is 10.2. The highest BCUT2D eigenvalue weighted by Gasteiger charge is 2.36. The van der Waals surface area contributed by atoms with E-state index < -0.39 is 0 Å². The average Bonchev–Trinajstić information content (AvgIpc) is 2.81. The number of amidine groups is 1. The molecule has 0 spiro atoms. The van der Waals surface area contributed by atoms with E-state index in [2.05, 4.69) is 25.8 Å². The Bertz CT molecular complexity index is 573. The summed E-state index contributed by atoms with van der Waals surface area (Å²) in [5.74, 6) is 0.615. The second kappa shape index (κ2) is 4.58. The second-order valence-electron chi connectivity index (χ2n) is 7.22. The lowest BCUT2D eigenvalue weighted by Crippen LogP contribution is -2.43. The standard InChI is InChI=1S/C15H23N3OS/c1-14(2,3)10-8-20-13(17-10)11-9(19)7-18(12(11)16)15(4,5)6/h8,16,19H,7H2,1-6H3. The van der Waals surface area contributed by atoms with Crippen LogP contribution in [0.4, 0.5) is 0 Å².